The minimum absolute atomic E-state index is 0.450. The number of hydrogen-bond donors (Lipinski definition) is 1. The van der Waals surface area contributed by atoms with Crippen LogP contribution in [0.3, 0.4) is 0 Å². The van der Waals surface area contributed by atoms with Crippen LogP contribution in [0.5, 0.6) is 0 Å². The number of hydrogen-bond acceptors (Lipinski definition) is 1. The second-order valence-corrected chi connectivity index (χ2v) is 3.98. The van der Waals surface area contributed by atoms with Gasteiger partial charge in [-0.3, -0.25) is 4.79 Å². The molecule has 0 radical (unpaired) electrons. The number of carbonyl (C=O) groups excluding carboxylic acids is 1. The van der Waals surface area contributed by atoms with E-state index in [4.69, 9.17) is 0 Å². The minimum Gasteiger partial charge on any atom is -0.356 e. The van der Waals surface area contributed by atoms with Gasteiger partial charge in [0.15, 0.2) is 0 Å². The molecule has 1 amide bonds. The molecule has 1 unspecified atom stereocenters. The molecule has 0 aromatic heterocycles. The normalized spacial score (nSPS) is 14.7. The van der Waals surface area contributed by atoms with Crippen molar-refractivity contribution >= 4 is 5.91 Å². The molecule has 8 heteroatoms. The van der Waals surface area contributed by atoms with E-state index in [0.29, 0.717) is 6.42 Å². The van der Waals surface area contributed by atoms with Crippen molar-refractivity contribution in [2.24, 2.45) is 5.92 Å². The highest BCUT2D eigenvalue weighted by molar-refractivity contribution is 5.78. The first kappa shape index (κ1) is 17.1. The van der Waals surface area contributed by atoms with Crippen molar-refractivity contribution in [3.05, 3.63) is 0 Å². The zero-order chi connectivity index (χ0) is 14.6. The molecule has 0 aliphatic carbocycles. The van der Waals surface area contributed by atoms with Gasteiger partial charge in [-0.2, -0.15) is 17.6 Å². The highest BCUT2D eigenvalue weighted by Crippen LogP contribution is 2.41. The molecule has 0 saturated carbocycles. The monoisotopic (exact) mass is 279 g/mol. The Morgan fingerprint density at radius 1 is 1.22 bits per heavy atom. The third-order valence-corrected chi connectivity index (χ3v) is 2.56. The largest absolute Gasteiger partial charge is 0.369 e. The van der Waals surface area contributed by atoms with E-state index in [1.807, 2.05) is 5.32 Å². The number of alkyl halides is 6. The quantitative estimate of drug-likeness (QED) is 0.713. The van der Waals surface area contributed by atoms with Crippen molar-refractivity contribution in [3.63, 3.8) is 0 Å². The van der Waals surface area contributed by atoms with Gasteiger partial charge in [-0.15, -0.1) is 0 Å². The van der Waals surface area contributed by atoms with Crippen molar-refractivity contribution in [3.8, 4) is 0 Å². The van der Waals surface area contributed by atoms with Crippen molar-refractivity contribution < 1.29 is 31.1 Å². The lowest BCUT2D eigenvalue weighted by molar-refractivity contribution is -0.265. The van der Waals surface area contributed by atoms with E-state index < -0.39 is 43.1 Å². The molecule has 0 spiro atoms. The maximum Gasteiger partial charge on any atom is 0.369 e. The standard InChI is InChI=1S/C10H15F6NO/c1-3-6(2)7(18)17-5-4-9(13,14)10(15,16)8(11)12/h6,8H,3-5H2,1-2H3,(H,17,18). The summed E-state index contributed by atoms with van der Waals surface area (Å²) in [5.41, 5.74) is 0. The lowest BCUT2D eigenvalue weighted by Crippen LogP contribution is -2.48. The number of nitrogens with one attached hydrogen (secondary N) is 1. The fraction of sp³-hybridized carbons (Fsp3) is 0.900. The molecule has 0 aromatic carbocycles. The van der Waals surface area contributed by atoms with E-state index in [-0.39, 0.29) is 0 Å². The van der Waals surface area contributed by atoms with Gasteiger partial charge in [0.2, 0.25) is 5.91 Å². The van der Waals surface area contributed by atoms with Gasteiger partial charge in [0.05, 0.1) is 0 Å². The minimum atomic E-state index is -5.39. The third kappa shape index (κ3) is 4.06. The van der Waals surface area contributed by atoms with Crippen LogP contribution in [0.25, 0.3) is 0 Å². The van der Waals surface area contributed by atoms with Gasteiger partial charge in [-0.1, -0.05) is 13.8 Å². The molecular formula is C10H15F6NO. The van der Waals surface area contributed by atoms with Crippen LogP contribution in [-0.4, -0.2) is 30.7 Å². The predicted octanol–water partition coefficient (Wildman–Crippen LogP) is 3.07. The summed E-state index contributed by atoms with van der Waals surface area (Å²) >= 11 is 0. The number of rotatable bonds is 7. The predicted molar refractivity (Wildman–Crippen MR) is 53.0 cm³/mol. The summed E-state index contributed by atoms with van der Waals surface area (Å²) in [7, 11) is 0. The zero-order valence-electron chi connectivity index (χ0n) is 9.95. The molecule has 0 bridgehead atoms. The molecule has 18 heavy (non-hydrogen) atoms. The lowest BCUT2D eigenvalue weighted by Gasteiger charge is -2.25. The van der Waals surface area contributed by atoms with Gasteiger partial charge in [-0.25, -0.2) is 8.78 Å². The Labute approximate surface area is 101 Å². The summed E-state index contributed by atoms with van der Waals surface area (Å²) in [6.07, 6.45) is -5.53. The highest BCUT2D eigenvalue weighted by atomic mass is 19.3. The summed E-state index contributed by atoms with van der Waals surface area (Å²) in [6.45, 7) is 2.43. The van der Waals surface area contributed by atoms with Gasteiger partial charge in [0.1, 0.15) is 0 Å². The van der Waals surface area contributed by atoms with Crippen LogP contribution < -0.4 is 5.32 Å². The molecule has 0 fully saturated rings. The number of amides is 1. The van der Waals surface area contributed by atoms with Crippen LogP contribution in [0.1, 0.15) is 26.7 Å². The summed E-state index contributed by atoms with van der Waals surface area (Å²) < 4.78 is 74.0. The Morgan fingerprint density at radius 3 is 2.11 bits per heavy atom. The number of halogens is 6. The average Bonchev–Trinajstić information content (AvgIpc) is 2.26. The van der Waals surface area contributed by atoms with Crippen molar-refractivity contribution in [2.75, 3.05) is 6.54 Å². The van der Waals surface area contributed by atoms with E-state index in [2.05, 4.69) is 0 Å². The third-order valence-electron chi connectivity index (χ3n) is 2.56. The summed E-state index contributed by atoms with van der Waals surface area (Å²) in [5.74, 6) is -11.3. The fourth-order valence-corrected chi connectivity index (χ4v) is 1.03. The van der Waals surface area contributed by atoms with Crippen molar-refractivity contribution in [1.82, 2.24) is 5.32 Å². The first-order chi connectivity index (χ1) is 8.06. The average molecular weight is 279 g/mol. The van der Waals surface area contributed by atoms with Gasteiger partial charge in [0.25, 0.3) is 0 Å². The molecule has 108 valence electrons. The molecule has 0 saturated heterocycles. The zero-order valence-corrected chi connectivity index (χ0v) is 9.95. The molecule has 0 heterocycles. The molecule has 2 nitrogen and oxygen atoms in total. The van der Waals surface area contributed by atoms with Crippen LogP contribution in [0, 0.1) is 5.92 Å². The Hall–Kier alpha value is -0.950. The maximum absolute atomic E-state index is 12.8. The van der Waals surface area contributed by atoms with Gasteiger partial charge < -0.3 is 5.32 Å². The Bertz CT molecular complexity index is 282. The molecule has 0 rings (SSSR count). The fourth-order valence-electron chi connectivity index (χ4n) is 1.03. The number of carbonyl (C=O) groups is 1. The second kappa shape index (κ2) is 6.29. The van der Waals surface area contributed by atoms with Crippen LogP contribution in [0.15, 0.2) is 0 Å². The molecule has 0 aromatic rings. The SMILES string of the molecule is CCC(C)C(=O)NCCC(F)(F)C(F)(F)C(F)F. The van der Waals surface area contributed by atoms with E-state index in [9.17, 15) is 31.1 Å². The second-order valence-electron chi connectivity index (χ2n) is 3.98. The Kier molecular flexibility index (Phi) is 5.95. The smallest absolute Gasteiger partial charge is 0.356 e. The summed E-state index contributed by atoms with van der Waals surface area (Å²) in [4.78, 5) is 11.2. The molecule has 0 aliphatic heterocycles. The maximum atomic E-state index is 12.8. The molecular weight excluding hydrogens is 264 g/mol. The van der Waals surface area contributed by atoms with Crippen LogP contribution >= 0.6 is 0 Å². The summed E-state index contributed by atoms with van der Waals surface area (Å²) in [6, 6.07) is 0. The van der Waals surface area contributed by atoms with Gasteiger partial charge in [-0.05, 0) is 6.42 Å². The molecule has 0 aliphatic rings. The Morgan fingerprint density at radius 2 is 1.72 bits per heavy atom. The first-order valence-corrected chi connectivity index (χ1v) is 5.37. The van der Waals surface area contributed by atoms with Gasteiger partial charge >= 0.3 is 18.3 Å². The lowest BCUT2D eigenvalue weighted by atomic mass is 10.1. The molecule has 1 atom stereocenters. The van der Waals surface area contributed by atoms with E-state index in [0.717, 1.165) is 0 Å². The molecule has 1 N–H and O–H groups in total. The highest BCUT2D eigenvalue weighted by Gasteiger charge is 2.62. The Balaban J connectivity index is 4.33. The summed E-state index contributed by atoms with van der Waals surface area (Å²) in [5, 5.41) is 2.00. The van der Waals surface area contributed by atoms with Gasteiger partial charge in [0, 0.05) is 18.9 Å². The van der Waals surface area contributed by atoms with Crippen LogP contribution in [0.2, 0.25) is 0 Å². The first-order valence-electron chi connectivity index (χ1n) is 5.37. The van der Waals surface area contributed by atoms with E-state index in [1.165, 1.54) is 6.92 Å². The van der Waals surface area contributed by atoms with Crippen molar-refractivity contribution in [1.29, 1.82) is 0 Å². The van der Waals surface area contributed by atoms with E-state index >= 15 is 0 Å². The van der Waals surface area contributed by atoms with Crippen LogP contribution in [-0.2, 0) is 4.79 Å². The van der Waals surface area contributed by atoms with E-state index in [1.54, 1.807) is 6.92 Å². The van der Waals surface area contributed by atoms with Crippen molar-refractivity contribution in [2.45, 2.75) is 45.0 Å². The topological polar surface area (TPSA) is 29.1 Å². The van der Waals surface area contributed by atoms with Crippen LogP contribution in [0.4, 0.5) is 26.3 Å².